The first-order valence-electron chi connectivity index (χ1n) is 8.16. The van der Waals surface area contributed by atoms with Crippen molar-refractivity contribution in [2.45, 2.75) is 24.9 Å². The van der Waals surface area contributed by atoms with Crippen LogP contribution in [-0.2, 0) is 26.2 Å². The van der Waals surface area contributed by atoms with E-state index in [2.05, 4.69) is 11.1 Å². The van der Waals surface area contributed by atoms with E-state index in [0.717, 1.165) is 29.8 Å². The predicted octanol–water partition coefficient (Wildman–Crippen LogP) is 2.23. The Hall–Kier alpha value is -1.39. The van der Waals surface area contributed by atoms with Crippen molar-refractivity contribution in [2.24, 2.45) is 5.41 Å². The molecule has 2 saturated heterocycles. The number of nitrogens with zero attached hydrogens (tertiary/aromatic N) is 2. The van der Waals surface area contributed by atoms with Gasteiger partial charge in [-0.3, -0.25) is 0 Å². The molecule has 24 heavy (non-hydrogen) atoms. The molecule has 0 amide bonds. The fourth-order valence-corrected chi connectivity index (χ4v) is 3.74. The number of hydrogen-bond donors (Lipinski definition) is 0. The van der Waals surface area contributed by atoms with Crippen molar-refractivity contribution in [2.75, 3.05) is 39.6 Å². The summed E-state index contributed by atoms with van der Waals surface area (Å²) in [5, 5.41) is 9.41. The van der Waals surface area contributed by atoms with Crippen LogP contribution in [0.3, 0.4) is 0 Å². The second-order valence-corrected chi connectivity index (χ2v) is 7.17. The van der Waals surface area contributed by atoms with Crippen molar-refractivity contribution in [3.8, 4) is 11.8 Å². The zero-order chi connectivity index (χ0) is 16.6. The molecular formula is C17H19ClN2O4. The molecule has 3 aliphatic heterocycles. The molecule has 0 saturated carbocycles. The van der Waals surface area contributed by atoms with E-state index >= 15 is 0 Å². The van der Waals surface area contributed by atoms with E-state index < -0.39 is 5.60 Å². The number of halogens is 1. The number of aromatic nitrogens is 1. The molecule has 0 bridgehead atoms. The fraction of sp³-hybridized carbons (Fsp3) is 0.647. The van der Waals surface area contributed by atoms with Gasteiger partial charge in [-0.05, 0) is 0 Å². The highest BCUT2D eigenvalue weighted by Gasteiger charge is 2.45. The summed E-state index contributed by atoms with van der Waals surface area (Å²) < 4.78 is 22.9. The molecule has 0 radical (unpaired) electrons. The van der Waals surface area contributed by atoms with E-state index in [1.54, 1.807) is 6.07 Å². The van der Waals surface area contributed by atoms with Gasteiger partial charge in [0.1, 0.15) is 16.5 Å². The van der Waals surface area contributed by atoms with Gasteiger partial charge in [-0.15, -0.1) is 0 Å². The molecule has 1 unspecified atom stereocenters. The molecule has 1 aromatic heterocycles. The number of fused-ring (bicyclic) bond motifs is 2. The average Bonchev–Trinajstić information content (AvgIpc) is 3.00. The molecule has 128 valence electrons. The van der Waals surface area contributed by atoms with Gasteiger partial charge < -0.3 is 18.9 Å². The number of ether oxygens (including phenoxy) is 4. The largest absolute Gasteiger partial charge is 0.492 e. The van der Waals surface area contributed by atoms with Crippen LogP contribution in [0.25, 0.3) is 0 Å². The Kier molecular flexibility index (Phi) is 4.13. The van der Waals surface area contributed by atoms with Crippen LogP contribution in [0, 0.1) is 16.7 Å². The van der Waals surface area contributed by atoms with Crippen molar-refractivity contribution < 1.29 is 18.9 Å². The Bertz CT molecular complexity index is 678. The molecule has 1 atom stereocenters. The third-order valence-corrected chi connectivity index (χ3v) is 5.20. The van der Waals surface area contributed by atoms with Gasteiger partial charge in [-0.25, -0.2) is 4.98 Å². The first-order valence-corrected chi connectivity index (χ1v) is 8.53. The molecular weight excluding hydrogens is 332 g/mol. The first kappa shape index (κ1) is 16.1. The Morgan fingerprint density at radius 2 is 2.17 bits per heavy atom. The second kappa shape index (κ2) is 6.16. The van der Waals surface area contributed by atoms with Crippen molar-refractivity contribution in [3.63, 3.8) is 0 Å². The van der Waals surface area contributed by atoms with Gasteiger partial charge >= 0.3 is 0 Å². The number of rotatable bonds is 4. The van der Waals surface area contributed by atoms with Crippen LogP contribution in [0.5, 0.6) is 5.75 Å². The monoisotopic (exact) mass is 350 g/mol. The van der Waals surface area contributed by atoms with Crippen LogP contribution >= 0.6 is 11.6 Å². The highest BCUT2D eigenvalue weighted by molar-refractivity contribution is 6.29. The third kappa shape index (κ3) is 2.66. The first-order chi connectivity index (χ1) is 11.7. The minimum absolute atomic E-state index is 0.212. The Balaban J connectivity index is 1.62. The predicted molar refractivity (Wildman–Crippen MR) is 85.0 cm³/mol. The lowest BCUT2D eigenvalue weighted by atomic mass is 9.84. The molecule has 1 spiro atoms. The summed E-state index contributed by atoms with van der Waals surface area (Å²) in [6.07, 6.45) is 1.94. The zero-order valence-corrected chi connectivity index (χ0v) is 14.1. The maximum atomic E-state index is 9.02. The van der Waals surface area contributed by atoms with Crippen molar-refractivity contribution in [1.82, 2.24) is 4.98 Å². The minimum atomic E-state index is -0.499. The van der Waals surface area contributed by atoms with E-state index in [1.807, 2.05) is 0 Å². The molecule has 2 fully saturated rings. The third-order valence-electron chi connectivity index (χ3n) is 5.00. The van der Waals surface area contributed by atoms with Gasteiger partial charge in [0.25, 0.3) is 0 Å². The number of nitriles is 1. The van der Waals surface area contributed by atoms with E-state index in [9.17, 15) is 0 Å². The quantitative estimate of drug-likeness (QED) is 0.775. The second-order valence-electron chi connectivity index (χ2n) is 6.78. The van der Waals surface area contributed by atoms with Gasteiger partial charge in [0, 0.05) is 37.5 Å². The standard InChI is InChI=1S/C17H19ClN2O4/c18-14-7-13(23-10-16(2-4-19)8-22-9-16)12-1-5-24-17(15(12)20-14)3-6-21-11-17/h7H,1-3,5-6,8-11H2. The van der Waals surface area contributed by atoms with Crippen molar-refractivity contribution in [3.05, 3.63) is 22.5 Å². The lowest BCUT2D eigenvalue weighted by Crippen LogP contribution is -2.47. The molecule has 3 aliphatic rings. The van der Waals surface area contributed by atoms with Crippen LogP contribution in [0.1, 0.15) is 24.1 Å². The van der Waals surface area contributed by atoms with E-state index in [0.29, 0.717) is 51.2 Å². The molecule has 4 rings (SSSR count). The summed E-state index contributed by atoms with van der Waals surface area (Å²) in [4.78, 5) is 4.53. The highest BCUT2D eigenvalue weighted by atomic mass is 35.5. The summed E-state index contributed by atoms with van der Waals surface area (Å²) in [6.45, 7) is 3.33. The molecule has 4 heterocycles. The maximum Gasteiger partial charge on any atom is 0.136 e. The van der Waals surface area contributed by atoms with Gasteiger partial charge in [-0.2, -0.15) is 5.26 Å². The Morgan fingerprint density at radius 3 is 2.83 bits per heavy atom. The molecule has 1 aromatic rings. The SMILES string of the molecule is N#CCC1(COc2cc(Cl)nc3c2CCOC32CCOC2)COC1. The molecule has 0 aliphatic carbocycles. The summed E-state index contributed by atoms with van der Waals surface area (Å²) >= 11 is 6.24. The van der Waals surface area contributed by atoms with Crippen molar-refractivity contribution in [1.29, 1.82) is 5.26 Å². The summed E-state index contributed by atoms with van der Waals surface area (Å²) in [5.41, 5.74) is 1.17. The lowest BCUT2D eigenvalue weighted by Gasteiger charge is -2.40. The summed E-state index contributed by atoms with van der Waals surface area (Å²) in [7, 11) is 0. The number of pyridine rings is 1. The summed E-state index contributed by atoms with van der Waals surface area (Å²) in [5.74, 6) is 0.740. The lowest BCUT2D eigenvalue weighted by molar-refractivity contribution is -0.129. The van der Waals surface area contributed by atoms with E-state index in [1.165, 1.54) is 0 Å². The maximum absolute atomic E-state index is 9.02. The van der Waals surface area contributed by atoms with Gasteiger partial charge in [0.2, 0.25) is 0 Å². The smallest absolute Gasteiger partial charge is 0.136 e. The number of hydrogen-bond acceptors (Lipinski definition) is 6. The van der Waals surface area contributed by atoms with Crippen LogP contribution in [0.4, 0.5) is 0 Å². The molecule has 7 heteroatoms. The van der Waals surface area contributed by atoms with Crippen LogP contribution in [0.2, 0.25) is 5.15 Å². The van der Waals surface area contributed by atoms with Crippen LogP contribution < -0.4 is 4.74 Å². The van der Waals surface area contributed by atoms with Crippen LogP contribution in [0.15, 0.2) is 6.07 Å². The van der Waals surface area contributed by atoms with Crippen molar-refractivity contribution >= 4 is 11.6 Å². The Morgan fingerprint density at radius 1 is 1.29 bits per heavy atom. The highest BCUT2D eigenvalue weighted by Crippen LogP contribution is 2.43. The average molecular weight is 351 g/mol. The van der Waals surface area contributed by atoms with Crippen LogP contribution in [-0.4, -0.2) is 44.6 Å². The molecule has 6 nitrogen and oxygen atoms in total. The zero-order valence-electron chi connectivity index (χ0n) is 13.3. The van der Waals surface area contributed by atoms with Gasteiger partial charge in [0.05, 0.1) is 50.2 Å². The minimum Gasteiger partial charge on any atom is -0.492 e. The van der Waals surface area contributed by atoms with E-state index in [-0.39, 0.29) is 5.41 Å². The van der Waals surface area contributed by atoms with Gasteiger partial charge in [-0.1, -0.05) is 11.6 Å². The summed E-state index contributed by atoms with van der Waals surface area (Å²) in [6, 6.07) is 3.98. The topological polar surface area (TPSA) is 73.6 Å². The van der Waals surface area contributed by atoms with E-state index in [4.69, 9.17) is 35.8 Å². The van der Waals surface area contributed by atoms with Gasteiger partial charge in [0.15, 0.2) is 0 Å². The fourth-order valence-electron chi connectivity index (χ4n) is 3.56. The Labute approximate surface area is 145 Å². The molecule has 0 N–H and O–H groups in total. The normalized spacial score (nSPS) is 27.3. The molecule has 0 aromatic carbocycles.